The van der Waals surface area contributed by atoms with Crippen LogP contribution in [0.25, 0.3) is 0 Å². The Bertz CT molecular complexity index is 607. The summed E-state index contributed by atoms with van der Waals surface area (Å²) < 4.78 is 0. The zero-order chi connectivity index (χ0) is 12.3. The lowest BCUT2D eigenvalue weighted by Crippen LogP contribution is -2.08. The first-order valence-corrected chi connectivity index (χ1v) is 5.81. The summed E-state index contributed by atoms with van der Waals surface area (Å²) in [5, 5.41) is 0.490. The molecule has 0 saturated carbocycles. The summed E-state index contributed by atoms with van der Waals surface area (Å²) in [6.45, 7) is 1.75. The molecule has 0 unspecified atom stereocenters. The van der Waals surface area contributed by atoms with Crippen molar-refractivity contribution in [3.05, 3.63) is 51.9 Å². The highest BCUT2D eigenvalue weighted by Gasteiger charge is 2.05. The minimum atomic E-state index is -0.191. The maximum atomic E-state index is 11.3. The second kappa shape index (κ2) is 4.97. The van der Waals surface area contributed by atoms with Crippen LogP contribution in [0.2, 0.25) is 0 Å². The van der Waals surface area contributed by atoms with Gasteiger partial charge in [-0.2, -0.15) is 0 Å². The van der Waals surface area contributed by atoms with E-state index in [4.69, 9.17) is 0 Å². The molecule has 2 aromatic rings. The third-order valence-electron chi connectivity index (χ3n) is 2.10. The molecular weight excluding hydrogens is 236 g/mol. The average molecular weight is 246 g/mol. The third kappa shape index (κ3) is 2.82. The molecule has 0 spiro atoms. The van der Waals surface area contributed by atoms with Crippen molar-refractivity contribution in [3.63, 3.8) is 0 Å². The van der Waals surface area contributed by atoms with E-state index >= 15 is 0 Å². The lowest BCUT2D eigenvalue weighted by molar-refractivity contribution is 0.112. The topological polar surface area (TPSA) is 62.8 Å². The van der Waals surface area contributed by atoms with Crippen molar-refractivity contribution in [2.24, 2.45) is 0 Å². The quantitative estimate of drug-likeness (QED) is 0.665. The fourth-order valence-corrected chi connectivity index (χ4v) is 2.31. The highest BCUT2D eigenvalue weighted by atomic mass is 32.2. The second-order valence-electron chi connectivity index (χ2n) is 3.45. The molecular formula is C12H10N2O2S. The maximum absolute atomic E-state index is 11.3. The fourth-order valence-electron chi connectivity index (χ4n) is 1.37. The van der Waals surface area contributed by atoms with Crippen molar-refractivity contribution in [1.82, 2.24) is 9.97 Å². The summed E-state index contributed by atoms with van der Waals surface area (Å²) in [7, 11) is 0. The largest absolute Gasteiger partial charge is 0.301 e. The lowest BCUT2D eigenvalue weighted by atomic mass is 10.2. The van der Waals surface area contributed by atoms with E-state index in [1.807, 2.05) is 12.1 Å². The van der Waals surface area contributed by atoms with E-state index in [0.717, 1.165) is 11.2 Å². The Hall–Kier alpha value is -1.88. The van der Waals surface area contributed by atoms with Crippen molar-refractivity contribution >= 4 is 18.0 Å². The van der Waals surface area contributed by atoms with Crippen LogP contribution in [0.15, 0.2) is 45.2 Å². The molecule has 0 radical (unpaired) electrons. The van der Waals surface area contributed by atoms with E-state index in [0.29, 0.717) is 16.4 Å². The van der Waals surface area contributed by atoms with Crippen molar-refractivity contribution in [1.29, 1.82) is 0 Å². The molecule has 1 aromatic heterocycles. The normalized spacial score (nSPS) is 10.2. The lowest BCUT2D eigenvalue weighted by Gasteiger charge is -2.03. The van der Waals surface area contributed by atoms with E-state index < -0.39 is 0 Å². The van der Waals surface area contributed by atoms with Crippen LogP contribution in [-0.2, 0) is 0 Å². The van der Waals surface area contributed by atoms with Gasteiger partial charge in [0.05, 0.1) is 0 Å². The summed E-state index contributed by atoms with van der Waals surface area (Å²) in [4.78, 5) is 29.7. The highest BCUT2D eigenvalue weighted by molar-refractivity contribution is 7.99. The molecule has 1 N–H and O–H groups in total. The Morgan fingerprint density at radius 1 is 1.35 bits per heavy atom. The number of aryl methyl sites for hydroxylation is 1. The highest BCUT2D eigenvalue weighted by Crippen LogP contribution is 2.26. The molecule has 0 fully saturated rings. The zero-order valence-electron chi connectivity index (χ0n) is 9.14. The molecule has 0 aliphatic carbocycles. The van der Waals surface area contributed by atoms with Gasteiger partial charge in [-0.1, -0.05) is 30.0 Å². The maximum Gasteiger partial charge on any atom is 0.251 e. The predicted molar refractivity (Wildman–Crippen MR) is 65.5 cm³/mol. The molecule has 2 rings (SSSR count). The number of H-pyrrole nitrogens is 1. The second-order valence-corrected chi connectivity index (χ2v) is 4.48. The number of aromatic nitrogens is 2. The average Bonchev–Trinajstić information content (AvgIpc) is 2.28. The Morgan fingerprint density at radius 2 is 2.12 bits per heavy atom. The van der Waals surface area contributed by atoms with Crippen LogP contribution in [0.4, 0.5) is 0 Å². The minimum Gasteiger partial charge on any atom is -0.301 e. The van der Waals surface area contributed by atoms with E-state index in [9.17, 15) is 9.59 Å². The van der Waals surface area contributed by atoms with Gasteiger partial charge in [-0.3, -0.25) is 9.59 Å². The standard InChI is InChI=1S/C12H10N2O2S/c1-8-6-11(16)14-12(13-8)17-10-5-3-2-4-9(10)7-15/h2-7H,1H3,(H,13,14,16). The van der Waals surface area contributed by atoms with Gasteiger partial charge in [-0.15, -0.1) is 0 Å². The van der Waals surface area contributed by atoms with Gasteiger partial charge in [0.25, 0.3) is 5.56 Å². The van der Waals surface area contributed by atoms with Crippen molar-refractivity contribution in [2.75, 3.05) is 0 Å². The Balaban J connectivity index is 2.37. The van der Waals surface area contributed by atoms with E-state index in [1.54, 1.807) is 19.1 Å². The fraction of sp³-hybridized carbons (Fsp3) is 0.0833. The number of aromatic amines is 1. The molecule has 0 saturated heterocycles. The number of benzene rings is 1. The monoisotopic (exact) mass is 246 g/mol. The Morgan fingerprint density at radius 3 is 2.82 bits per heavy atom. The van der Waals surface area contributed by atoms with Crippen LogP contribution in [0.1, 0.15) is 16.1 Å². The molecule has 0 bridgehead atoms. The Kier molecular flexibility index (Phi) is 3.39. The molecule has 1 aromatic carbocycles. The van der Waals surface area contributed by atoms with Gasteiger partial charge >= 0.3 is 0 Å². The smallest absolute Gasteiger partial charge is 0.251 e. The number of carbonyl (C=O) groups is 1. The number of hydrogen-bond donors (Lipinski definition) is 1. The van der Waals surface area contributed by atoms with Crippen molar-refractivity contribution < 1.29 is 4.79 Å². The van der Waals surface area contributed by atoms with Crippen LogP contribution < -0.4 is 5.56 Å². The molecule has 5 heteroatoms. The van der Waals surface area contributed by atoms with Crippen LogP contribution in [-0.4, -0.2) is 16.3 Å². The molecule has 0 amide bonds. The van der Waals surface area contributed by atoms with Gasteiger partial charge in [0.15, 0.2) is 11.4 Å². The number of nitrogens with zero attached hydrogens (tertiary/aromatic N) is 1. The summed E-state index contributed by atoms with van der Waals surface area (Å²) in [5.74, 6) is 0. The van der Waals surface area contributed by atoms with Crippen LogP contribution in [0, 0.1) is 6.92 Å². The van der Waals surface area contributed by atoms with E-state index in [-0.39, 0.29) is 5.56 Å². The summed E-state index contributed by atoms with van der Waals surface area (Å²) in [6.07, 6.45) is 0.788. The van der Waals surface area contributed by atoms with Gasteiger partial charge in [0, 0.05) is 22.2 Å². The molecule has 0 atom stereocenters. The molecule has 17 heavy (non-hydrogen) atoms. The van der Waals surface area contributed by atoms with Crippen LogP contribution in [0.5, 0.6) is 0 Å². The first-order chi connectivity index (χ1) is 8.19. The minimum absolute atomic E-state index is 0.191. The third-order valence-corrected chi connectivity index (χ3v) is 3.08. The number of rotatable bonds is 3. The summed E-state index contributed by atoms with van der Waals surface area (Å²) >= 11 is 1.27. The number of nitrogens with one attached hydrogen (secondary N) is 1. The molecule has 0 aliphatic heterocycles. The SMILES string of the molecule is Cc1cc(=O)[nH]c(Sc2ccccc2C=O)n1. The molecule has 4 nitrogen and oxygen atoms in total. The summed E-state index contributed by atoms with van der Waals surface area (Å²) in [5.41, 5.74) is 1.05. The molecule has 0 aliphatic rings. The predicted octanol–water partition coefficient (Wildman–Crippen LogP) is 2.04. The van der Waals surface area contributed by atoms with Gasteiger partial charge in [-0.05, 0) is 13.0 Å². The first-order valence-electron chi connectivity index (χ1n) is 4.99. The van der Waals surface area contributed by atoms with Crippen molar-refractivity contribution in [3.8, 4) is 0 Å². The Labute approximate surface area is 102 Å². The molecule has 1 heterocycles. The number of carbonyl (C=O) groups excluding carboxylic acids is 1. The van der Waals surface area contributed by atoms with E-state index in [1.165, 1.54) is 17.8 Å². The van der Waals surface area contributed by atoms with Gasteiger partial charge in [-0.25, -0.2) is 4.98 Å². The number of hydrogen-bond acceptors (Lipinski definition) is 4. The van der Waals surface area contributed by atoms with Crippen molar-refractivity contribution in [2.45, 2.75) is 17.0 Å². The van der Waals surface area contributed by atoms with Gasteiger partial charge in [0.2, 0.25) is 0 Å². The first kappa shape index (κ1) is 11.6. The molecule has 86 valence electrons. The summed E-state index contributed by atoms with van der Waals surface area (Å²) in [6, 6.07) is 8.60. The van der Waals surface area contributed by atoms with Gasteiger partial charge in [0.1, 0.15) is 0 Å². The van der Waals surface area contributed by atoms with Crippen LogP contribution in [0.3, 0.4) is 0 Å². The zero-order valence-corrected chi connectivity index (χ0v) is 9.95. The van der Waals surface area contributed by atoms with E-state index in [2.05, 4.69) is 9.97 Å². The number of aldehydes is 1. The van der Waals surface area contributed by atoms with Crippen LogP contribution >= 0.6 is 11.8 Å². The van der Waals surface area contributed by atoms with Gasteiger partial charge < -0.3 is 4.98 Å².